The molecule has 0 spiro atoms. The summed E-state index contributed by atoms with van der Waals surface area (Å²) in [4.78, 5) is 1.08. The van der Waals surface area contributed by atoms with E-state index < -0.39 is 10.0 Å². The van der Waals surface area contributed by atoms with E-state index in [9.17, 15) is 8.42 Å². The fourth-order valence-corrected chi connectivity index (χ4v) is 4.79. The molecule has 120 valence electrons. The molecule has 1 aliphatic heterocycles. The van der Waals surface area contributed by atoms with E-state index in [-0.39, 0.29) is 6.10 Å². The standard InChI is InChI=1S/C14H24N2O3S2/c1-15-9-8-13-5-6-14(20-13)21(17,18)16-10-7-12-4-2-3-11-19-12/h5-6,12,15-16H,2-4,7-11H2,1H3. The molecule has 0 radical (unpaired) electrons. The van der Waals surface area contributed by atoms with Crippen LogP contribution in [-0.4, -0.2) is 41.3 Å². The smallest absolute Gasteiger partial charge is 0.250 e. The van der Waals surface area contributed by atoms with Gasteiger partial charge in [-0.05, 0) is 57.8 Å². The number of nitrogens with one attached hydrogen (secondary N) is 2. The summed E-state index contributed by atoms with van der Waals surface area (Å²) < 4.78 is 33.1. The molecule has 1 aromatic rings. The highest BCUT2D eigenvalue weighted by molar-refractivity contribution is 7.91. The molecule has 0 aliphatic carbocycles. The fraction of sp³-hybridized carbons (Fsp3) is 0.714. The maximum Gasteiger partial charge on any atom is 0.250 e. The molecular formula is C14H24N2O3S2. The molecule has 2 N–H and O–H groups in total. The van der Waals surface area contributed by atoms with Crippen molar-refractivity contribution in [2.45, 2.75) is 42.4 Å². The van der Waals surface area contributed by atoms with E-state index in [0.29, 0.717) is 10.8 Å². The van der Waals surface area contributed by atoms with E-state index in [1.807, 2.05) is 13.1 Å². The van der Waals surface area contributed by atoms with Crippen molar-refractivity contribution in [3.05, 3.63) is 17.0 Å². The minimum Gasteiger partial charge on any atom is -0.378 e. The lowest BCUT2D eigenvalue weighted by Crippen LogP contribution is -2.29. The molecule has 1 fully saturated rings. The molecule has 1 saturated heterocycles. The first kappa shape index (κ1) is 16.9. The van der Waals surface area contributed by atoms with Crippen LogP contribution >= 0.6 is 11.3 Å². The van der Waals surface area contributed by atoms with Crippen molar-refractivity contribution in [1.82, 2.24) is 10.0 Å². The van der Waals surface area contributed by atoms with Gasteiger partial charge < -0.3 is 10.1 Å². The van der Waals surface area contributed by atoms with Gasteiger partial charge in [0.05, 0.1) is 6.10 Å². The molecule has 2 heterocycles. The summed E-state index contributed by atoms with van der Waals surface area (Å²) in [6.07, 6.45) is 5.14. The van der Waals surface area contributed by atoms with Crippen LogP contribution in [0.3, 0.4) is 0 Å². The minimum absolute atomic E-state index is 0.205. The van der Waals surface area contributed by atoms with Gasteiger partial charge in [-0.1, -0.05) is 0 Å². The zero-order valence-electron chi connectivity index (χ0n) is 12.4. The number of hydrogen-bond donors (Lipinski definition) is 2. The fourth-order valence-electron chi connectivity index (χ4n) is 2.35. The third kappa shape index (κ3) is 5.34. The van der Waals surface area contributed by atoms with Crippen molar-refractivity contribution in [1.29, 1.82) is 0 Å². The predicted molar refractivity (Wildman–Crippen MR) is 85.3 cm³/mol. The first-order valence-corrected chi connectivity index (χ1v) is 9.76. The highest BCUT2D eigenvalue weighted by atomic mass is 32.2. The van der Waals surface area contributed by atoms with E-state index in [1.165, 1.54) is 17.8 Å². The molecule has 1 atom stereocenters. The van der Waals surface area contributed by atoms with Crippen LogP contribution in [0.5, 0.6) is 0 Å². The lowest BCUT2D eigenvalue weighted by molar-refractivity contribution is 0.0123. The highest BCUT2D eigenvalue weighted by Gasteiger charge is 2.18. The molecule has 0 amide bonds. The first-order chi connectivity index (χ1) is 10.1. The molecule has 21 heavy (non-hydrogen) atoms. The van der Waals surface area contributed by atoms with E-state index >= 15 is 0 Å². The van der Waals surface area contributed by atoms with E-state index in [4.69, 9.17) is 4.74 Å². The Kier molecular flexibility index (Phi) is 6.63. The topological polar surface area (TPSA) is 67.4 Å². The monoisotopic (exact) mass is 332 g/mol. The van der Waals surface area contributed by atoms with E-state index in [0.717, 1.165) is 43.7 Å². The molecule has 5 nitrogen and oxygen atoms in total. The third-order valence-electron chi connectivity index (χ3n) is 3.56. The normalized spacial score (nSPS) is 19.8. The zero-order valence-corrected chi connectivity index (χ0v) is 14.1. The van der Waals surface area contributed by atoms with E-state index in [2.05, 4.69) is 10.0 Å². The minimum atomic E-state index is -3.37. The van der Waals surface area contributed by atoms with Gasteiger partial charge in [0.2, 0.25) is 10.0 Å². The Hall–Kier alpha value is -0.470. The average molecular weight is 332 g/mol. The summed E-state index contributed by atoms with van der Waals surface area (Å²) in [6.45, 7) is 2.10. The SMILES string of the molecule is CNCCc1ccc(S(=O)(=O)NCCC2CCCCO2)s1. The lowest BCUT2D eigenvalue weighted by Gasteiger charge is -2.22. The second kappa shape index (κ2) is 8.24. The second-order valence-corrected chi connectivity index (χ2v) is 8.41. The number of likely N-dealkylation sites (N-methyl/N-ethyl adjacent to an activating group) is 1. The Morgan fingerprint density at radius 3 is 2.90 bits per heavy atom. The molecule has 2 rings (SSSR count). The van der Waals surface area contributed by atoms with Gasteiger partial charge in [0.25, 0.3) is 0 Å². The Balaban J connectivity index is 1.81. The van der Waals surface area contributed by atoms with Crippen molar-refractivity contribution in [3.63, 3.8) is 0 Å². The molecule has 1 unspecified atom stereocenters. The summed E-state index contributed by atoms with van der Waals surface area (Å²) in [5.41, 5.74) is 0. The quantitative estimate of drug-likeness (QED) is 0.761. The predicted octanol–water partition coefficient (Wildman–Crippen LogP) is 1.75. The number of ether oxygens (including phenoxy) is 1. The van der Waals surface area contributed by atoms with Gasteiger partial charge in [-0.15, -0.1) is 11.3 Å². The van der Waals surface area contributed by atoms with E-state index in [1.54, 1.807) is 6.07 Å². The van der Waals surface area contributed by atoms with Crippen molar-refractivity contribution < 1.29 is 13.2 Å². The molecule has 1 aromatic heterocycles. The number of hydrogen-bond acceptors (Lipinski definition) is 5. The van der Waals surface area contributed by atoms with Crippen LogP contribution in [-0.2, 0) is 21.2 Å². The van der Waals surface area contributed by atoms with Crippen LogP contribution in [0.15, 0.2) is 16.3 Å². The van der Waals surface area contributed by atoms with Crippen LogP contribution in [0.2, 0.25) is 0 Å². The Labute approximate surface area is 131 Å². The molecule has 7 heteroatoms. The van der Waals surface area contributed by atoms with Gasteiger partial charge in [-0.25, -0.2) is 13.1 Å². The third-order valence-corrected chi connectivity index (χ3v) is 6.65. The molecule has 0 saturated carbocycles. The van der Waals surface area contributed by atoms with Gasteiger partial charge >= 0.3 is 0 Å². The molecule has 0 aromatic carbocycles. The summed E-state index contributed by atoms with van der Waals surface area (Å²) in [5.74, 6) is 0. The Morgan fingerprint density at radius 1 is 1.33 bits per heavy atom. The van der Waals surface area contributed by atoms with Gasteiger partial charge in [0.1, 0.15) is 4.21 Å². The molecule has 1 aliphatic rings. The van der Waals surface area contributed by atoms with Crippen LogP contribution < -0.4 is 10.0 Å². The average Bonchev–Trinajstić information content (AvgIpc) is 2.96. The maximum absolute atomic E-state index is 12.2. The zero-order chi connectivity index (χ0) is 15.1. The summed E-state index contributed by atoms with van der Waals surface area (Å²) in [5, 5.41) is 3.06. The first-order valence-electron chi connectivity index (χ1n) is 7.46. The molecule has 0 bridgehead atoms. The van der Waals surface area contributed by atoms with Gasteiger partial charge in [0, 0.05) is 18.0 Å². The largest absolute Gasteiger partial charge is 0.378 e. The number of sulfonamides is 1. The second-order valence-electron chi connectivity index (χ2n) is 5.25. The number of thiophene rings is 1. The van der Waals surface area contributed by atoms with Crippen LogP contribution in [0.4, 0.5) is 0 Å². The van der Waals surface area contributed by atoms with Crippen molar-refractivity contribution in [3.8, 4) is 0 Å². The highest BCUT2D eigenvalue weighted by Crippen LogP contribution is 2.22. The summed E-state index contributed by atoms with van der Waals surface area (Å²) in [7, 11) is -1.48. The Bertz CT molecular complexity index is 522. The van der Waals surface area contributed by atoms with Crippen LogP contribution in [0.25, 0.3) is 0 Å². The van der Waals surface area contributed by atoms with Gasteiger partial charge in [-0.3, -0.25) is 0 Å². The summed E-state index contributed by atoms with van der Waals surface area (Å²) >= 11 is 1.34. The van der Waals surface area contributed by atoms with Gasteiger partial charge in [-0.2, -0.15) is 0 Å². The Morgan fingerprint density at radius 2 is 2.19 bits per heavy atom. The van der Waals surface area contributed by atoms with Crippen molar-refractivity contribution in [2.75, 3.05) is 26.7 Å². The van der Waals surface area contributed by atoms with Gasteiger partial charge in [0.15, 0.2) is 0 Å². The van der Waals surface area contributed by atoms with Crippen LogP contribution in [0, 0.1) is 0 Å². The summed E-state index contributed by atoms with van der Waals surface area (Å²) in [6, 6.07) is 3.58. The maximum atomic E-state index is 12.2. The van der Waals surface area contributed by atoms with Crippen molar-refractivity contribution >= 4 is 21.4 Å². The molecular weight excluding hydrogens is 308 g/mol. The number of rotatable bonds is 8. The van der Waals surface area contributed by atoms with Crippen molar-refractivity contribution in [2.24, 2.45) is 0 Å². The van der Waals surface area contributed by atoms with Crippen LogP contribution in [0.1, 0.15) is 30.6 Å². The lowest BCUT2D eigenvalue weighted by atomic mass is 10.1.